The number of Topliss-reactive ketones (excluding diaryl/α,β-unsaturated/α-hetero) is 1. The largest absolute Gasteiger partial charge is 0.422 e. The summed E-state index contributed by atoms with van der Waals surface area (Å²) in [6.07, 6.45) is 1.66. The quantitative estimate of drug-likeness (QED) is 0.140. The first-order valence-corrected chi connectivity index (χ1v) is 14.9. The number of aromatic nitrogens is 2. The molecule has 0 amide bonds. The summed E-state index contributed by atoms with van der Waals surface area (Å²) in [4.78, 5) is 44.3. The van der Waals surface area contributed by atoms with Gasteiger partial charge >= 0.3 is 11.3 Å². The molecule has 9 nitrogen and oxygen atoms in total. The smallest absolute Gasteiger partial charge is 0.360 e. The Kier molecular flexibility index (Phi) is 8.94. The van der Waals surface area contributed by atoms with Gasteiger partial charge in [0.2, 0.25) is 0 Å². The molecule has 0 saturated carbocycles. The highest BCUT2D eigenvalue weighted by Gasteiger charge is 2.13. The summed E-state index contributed by atoms with van der Waals surface area (Å²) in [5.41, 5.74) is 4.54. The summed E-state index contributed by atoms with van der Waals surface area (Å²) in [5, 5.41) is 1.66. The molecule has 0 fully saturated rings. The van der Waals surface area contributed by atoms with E-state index in [-0.39, 0.29) is 17.0 Å². The molecule has 0 unspecified atom stereocenters. The van der Waals surface area contributed by atoms with Crippen LogP contribution in [0.5, 0.6) is 0 Å². The molecule has 3 aromatic heterocycles. The van der Waals surface area contributed by atoms with Gasteiger partial charge in [0.1, 0.15) is 28.7 Å². The number of anilines is 2. The molecule has 6 aromatic rings. The molecule has 9 heteroatoms. The van der Waals surface area contributed by atoms with Crippen molar-refractivity contribution >= 4 is 50.1 Å². The fourth-order valence-corrected chi connectivity index (χ4v) is 5.32. The molecule has 3 aromatic carbocycles. The number of fused-ring (bicyclic) bond motifs is 3. The van der Waals surface area contributed by atoms with Crippen molar-refractivity contribution in [3.63, 3.8) is 0 Å². The van der Waals surface area contributed by atoms with Crippen LogP contribution in [0.4, 0.5) is 11.4 Å². The Hall–Kier alpha value is -5.18. The Morgan fingerprint density at radius 3 is 1.84 bits per heavy atom. The number of carbonyl (C=O) groups is 1. The Labute approximate surface area is 254 Å². The normalized spacial score (nSPS) is 11.0. The van der Waals surface area contributed by atoms with Crippen LogP contribution in [0.15, 0.2) is 97.5 Å². The molecule has 0 radical (unpaired) electrons. The van der Waals surface area contributed by atoms with Crippen LogP contribution in [-0.2, 0) is 0 Å². The SMILES string of the molecule is CCN(CC)c1ccc2cc(-n3cnc4ccccc43)c(=O)oc2c1.CCN(CC)c1ccc2cc(C(C)=O)c(=O)oc2c1. The van der Waals surface area contributed by atoms with Crippen LogP contribution in [0.25, 0.3) is 38.7 Å². The van der Waals surface area contributed by atoms with Crippen molar-refractivity contribution in [2.45, 2.75) is 34.6 Å². The number of carbonyl (C=O) groups excluding carboxylic acids is 1. The number of ketones is 1. The standard InChI is InChI=1S/C20H19N3O2.C15H17NO3/c1-3-22(4-2)15-10-9-14-11-18(20(24)25-19(14)12-15)23-13-21-16-7-5-6-8-17(16)23;1-4-16(5-2)12-7-6-11-8-13(10(3)17)15(18)19-14(11)9-12/h5-13H,3-4H2,1-2H3;6-9H,4-5H2,1-3H3. The van der Waals surface area contributed by atoms with Crippen molar-refractivity contribution in [1.82, 2.24) is 9.55 Å². The van der Waals surface area contributed by atoms with Gasteiger partial charge in [-0.25, -0.2) is 14.6 Å². The summed E-state index contributed by atoms with van der Waals surface area (Å²) in [5.74, 6) is -0.275. The van der Waals surface area contributed by atoms with E-state index >= 15 is 0 Å². The zero-order chi connectivity index (χ0) is 31.4. The van der Waals surface area contributed by atoms with Crippen molar-refractivity contribution in [3.8, 4) is 5.69 Å². The minimum Gasteiger partial charge on any atom is -0.422 e. The molecule has 0 N–H and O–H groups in total. The van der Waals surface area contributed by atoms with Gasteiger partial charge < -0.3 is 18.6 Å². The second-order valence-corrected chi connectivity index (χ2v) is 10.3. The lowest BCUT2D eigenvalue weighted by Gasteiger charge is -2.21. The van der Waals surface area contributed by atoms with Gasteiger partial charge in [0.25, 0.3) is 0 Å². The number of imidazole rings is 1. The van der Waals surface area contributed by atoms with Gasteiger partial charge in [-0.2, -0.15) is 0 Å². The van der Waals surface area contributed by atoms with Crippen molar-refractivity contribution in [2.24, 2.45) is 0 Å². The van der Waals surface area contributed by atoms with Crippen molar-refractivity contribution in [2.75, 3.05) is 36.0 Å². The number of hydrogen-bond donors (Lipinski definition) is 0. The van der Waals surface area contributed by atoms with E-state index in [0.29, 0.717) is 16.9 Å². The van der Waals surface area contributed by atoms with E-state index in [9.17, 15) is 14.4 Å². The number of rotatable bonds is 8. The number of hydrogen-bond acceptors (Lipinski definition) is 8. The highest BCUT2D eigenvalue weighted by molar-refractivity contribution is 5.96. The van der Waals surface area contributed by atoms with Gasteiger partial charge in [-0.1, -0.05) is 12.1 Å². The minimum atomic E-state index is -0.573. The molecule has 226 valence electrons. The molecule has 0 aliphatic heterocycles. The molecule has 3 heterocycles. The number of nitrogens with zero attached hydrogens (tertiary/aromatic N) is 4. The van der Waals surface area contributed by atoms with Gasteiger partial charge in [0.15, 0.2) is 5.78 Å². The number of para-hydroxylation sites is 2. The first kappa shape index (κ1) is 30.3. The van der Waals surface area contributed by atoms with Crippen molar-refractivity contribution < 1.29 is 13.6 Å². The monoisotopic (exact) mass is 592 g/mol. The summed E-state index contributed by atoms with van der Waals surface area (Å²) < 4.78 is 12.6. The van der Waals surface area contributed by atoms with Gasteiger partial charge in [0.05, 0.1) is 11.0 Å². The molecule has 0 spiro atoms. The van der Waals surface area contributed by atoms with Crippen LogP contribution < -0.4 is 21.1 Å². The maximum atomic E-state index is 12.6. The molecular formula is C35H36N4O5. The van der Waals surface area contributed by atoms with Crippen LogP contribution in [0.1, 0.15) is 45.0 Å². The summed E-state index contributed by atoms with van der Waals surface area (Å²) in [7, 11) is 0. The molecule has 0 atom stereocenters. The highest BCUT2D eigenvalue weighted by Crippen LogP contribution is 2.25. The van der Waals surface area contributed by atoms with Crippen LogP contribution in [0.3, 0.4) is 0 Å². The molecule has 0 bridgehead atoms. The lowest BCUT2D eigenvalue weighted by molar-refractivity contribution is 0.101. The summed E-state index contributed by atoms with van der Waals surface area (Å²) in [6.45, 7) is 13.3. The van der Waals surface area contributed by atoms with Crippen LogP contribution in [0, 0.1) is 0 Å². The Balaban J connectivity index is 0.000000182. The number of benzene rings is 3. The lowest BCUT2D eigenvalue weighted by atomic mass is 10.1. The van der Waals surface area contributed by atoms with Gasteiger partial charge in [0, 0.05) is 60.5 Å². The van der Waals surface area contributed by atoms with E-state index < -0.39 is 5.63 Å². The lowest BCUT2D eigenvalue weighted by Crippen LogP contribution is -2.21. The van der Waals surface area contributed by atoms with E-state index in [1.165, 1.54) is 6.92 Å². The molecule has 0 aliphatic carbocycles. The predicted octanol–water partition coefficient (Wildman–Crippen LogP) is 6.82. The van der Waals surface area contributed by atoms with E-state index in [4.69, 9.17) is 8.83 Å². The van der Waals surface area contributed by atoms with Crippen LogP contribution in [-0.4, -0.2) is 41.5 Å². The van der Waals surface area contributed by atoms with E-state index in [1.54, 1.807) is 17.0 Å². The zero-order valence-electron chi connectivity index (χ0n) is 25.7. The average Bonchev–Trinajstić information content (AvgIpc) is 3.45. The van der Waals surface area contributed by atoms with Gasteiger partial charge in [-0.15, -0.1) is 0 Å². The summed E-state index contributed by atoms with van der Waals surface area (Å²) in [6, 6.07) is 22.8. The third kappa shape index (κ3) is 5.99. The van der Waals surface area contributed by atoms with E-state index in [1.807, 2.05) is 60.7 Å². The second-order valence-electron chi connectivity index (χ2n) is 10.3. The maximum Gasteiger partial charge on any atom is 0.360 e. The first-order valence-electron chi connectivity index (χ1n) is 14.9. The van der Waals surface area contributed by atoms with E-state index in [2.05, 4.69) is 48.5 Å². The zero-order valence-corrected chi connectivity index (χ0v) is 25.7. The molecule has 44 heavy (non-hydrogen) atoms. The molecular weight excluding hydrogens is 556 g/mol. The van der Waals surface area contributed by atoms with E-state index in [0.717, 1.165) is 59.4 Å². The maximum absolute atomic E-state index is 12.6. The highest BCUT2D eigenvalue weighted by atomic mass is 16.4. The topological polar surface area (TPSA) is 102 Å². The van der Waals surface area contributed by atoms with Crippen LogP contribution >= 0.6 is 0 Å². The van der Waals surface area contributed by atoms with Gasteiger partial charge in [-0.3, -0.25) is 9.36 Å². The predicted molar refractivity (Wildman–Crippen MR) is 177 cm³/mol. The Bertz CT molecular complexity index is 2070. The molecule has 0 aliphatic rings. The third-order valence-electron chi connectivity index (χ3n) is 7.77. The molecule has 6 rings (SSSR count). The fourth-order valence-electron chi connectivity index (χ4n) is 5.32. The van der Waals surface area contributed by atoms with Gasteiger partial charge in [-0.05, 0) is 83.1 Å². The van der Waals surface area contributed by atoms with Crippen LogP contribution in [0.2, 0.25) is 0 Å². The third-order valence-corrected chi connectivity index (χ3v) is 7.77. The molecule has 0 saturated heterocycles. The summed E-state index contributed by atoms with van der Waals surface area (Å²) >= 11 is 0. The average molecular weight is 593 g/mol. The Morgan fingerprint density at radius 1 is 0.727 bits per heavy atom. The Morgan fingerprint density at radius 2 is 1.27 bits per heavy atom. The fraction of sp³-hybridized carbons (Fsp3) is 0.257. The van der Waals surface area contributed by atoms with Crippen molar-refractivity contribution in [3.05, 3.63) is 106 Å². The minimum absolute atomic E-state index is 0.100. The first-order chi connectivity index (χ1) is 21.3. The van der Waals surface area contributed by atoms with Crippen molar-refractivity contribution in [1.29, 1.82) is 0 Å². The second kappa shape index (κ2) is 13.0.